The number of hydrogen-bond acceptors (Lipinski definition) is 2. The molecule has 2 nitrogen and oxygen atoms in total. The minimum atomic E-state index is 0.399. The Balaban J connectivity index is 2.03. The number of aryl methyl sites for hydroxylation is 1. The Kier molecular flexibility index (Phi) is 5.54. The molecule has 1 aromatic heterocycles. The summed E-state index contributed by atoms with van der Waals surface area (Å²) in [6, 6.07) is 4.72. The highest BCUT2D eigenvalue weighted by atomic mass is 16.3. The first-order valence-electron chi connectivity index (χ1n) is 8.77. The topological polar surface area (TPSA) is 25.2 Å². The van der Waals surface area contributed by atoms with E-state index in [1.54, 1.807) is 0 Å². The quantitative estimate of drug-likeness (QED) is 0.791. The van der Waals surface area contributed by atoms with Crippen LogP contribution in [0.5, 0.6) is 0 Å². The van der Waals surface area contributed by atoms with Crippen molar-refractivity contribution in [2.24, 2.45) is 17.3 Å². The molecule has 1 N–H and O–H groups in total. The molecule has 1 fully saturated rings. The van der Waals surface area contributed by atoms with Gasteiger partial charge in [-0.25, -0.2) is 0 Å². The first-order chi connectivity index (χ1) is 9.95. The van der Waals surface area contributed by atoms with Crippen molar-refractivity contribution < 1.29 is 4.42 Å². The lowest BCUT2D eigenvalue weighted by atomic mass is 9.68. The lowest BCUT2D eigenvalue weighted by Gasteiger charge is -2.39. The van der Waals surface area contributed by atoms with Gasteiger partial charge in [0.05, 0.1) is 6.04 Å². The van der Waals surface area contributed by atoms with Crippen molar-refractivity contribution in [2.45, 2.75) is 72.8 Å². The fraction of sp³-hybridized carbons (Fsp3) is 0.789. The molecule has 2 heteroatoms. The molecule has 21 heavy (non-hydrogen) atoms. The maximum absolute atomic E-state index is 6.03. The molecule has 1 aliphatic rings. The van der Waals surface area contributed by atoms with Gasteiger partial charge in [-0.1, -0.05) is 34.6 Å². The summed E-state index contributed by atoms with van der Waals surface area (Å²) in [7, 11) is 0. The fourth-order valence-electron chi connectivity index (χ4n) is 3.79. The van der Waals surface area contributed by atoms with Crippen LogP contribution in [0, 0.1) is 17.3 Å². The van der Waals surface area contributed by atoms with Crippen molar-refractivity contribution in [3.8, 4) is 0 Å². The molecule has 0 aromatic carbocycles. The lowest BCUT2D eigenvalue weighted by Crippen LogP contribution is -2.33. The Bertz CT molecular complexity index is 421. The van der Waals surface area contributed by atoms with E-state index in [-0.39, 0.29) is 0 Å². The molecule has 1 saturated carbocycles. The van der Waals surface area contributed by atoms with Crippen LogP contribution in [0.3, 0.4) is 0 Å². The van der Waals surface area contributed by atoms with Crippen LogP contribution in [0.1, 0.15) is 77.9 Å². The third-order valence-electron chi connectivity index (χ3n) is 5.23. The monoisotopic (exact) mass is 291 g/mol. The molecular formula is C19H33NO. The first-order valence-corrected chi connectivity index (χ1v) is 8.77. The van der Waals surface area contributed by atoms with Gasteiger partial charge in [0.15, 0.2) is 0 Å². The van der Waals surface area contributed by atoms with E-state index in [1.807, 2.05) is 0 Å². The lowest BCUT2D eigenvalue weighted by molar-refractivity contribution is 0.127. The Hall–Kier alpha value is -0.760. The minimum Gasteiger partial charge on any atom is -0.464 e. The van der Waals surface area contributed by atoms with Crippen LogP contribution >= 0.6 is 0 Å². The highest BCUT2D eigenvalue weighted by molar-refractivity contribution is 5.12. The second-order valence-electron chi connectivity index (χ2n) is 7.67. The summed E-state index contributed by atoms with van der Waals surface area (Å²) in [6.07, 6.45) is 6.34. The summed E-state index contributed by atoms with van der Waals surface area (Å²) < 4.78 is 6.03. The maximum atomic E-state index is 6.03. The summed E-state index contributed by atoms with van der Waals surface area (Å²) in [5, 5.41) is 3.67. The van der Waals surface area contributed by atoms with Crippen molar-refractivity contribution in [3.63, 3.8) is 0 Å². The highest BCUT2D eigenvalue weighted by Crippen LogP contribution is 2.43. The Morgan fingerprint density at radius 2 is 1.81 bits per heavy atom. The van der Waals surface area contributed by atoms with Gasteiger partial charge >= 0.3 is 0 Å². The van der Waals surface area contributed by atoms with Crippen LogP contribution in [-0.2, 0) is 6.42 Å². The second kappa shape index (κ2) is 7.00. The van der Waals surface area contributed by atoms with Gasteiger partial charge in [0, 0.05) is 6.42 Å². The van der Waals surface area contributed by atoms with E-state index in [1.165, 1.54) is 25.7 Å². The predicted octanol–water partition coefficient (Wildman–Crippen LogP) is 5.35. The van der Waals surface area contributed by atoms with Crippen LogP contribution in [0.25, 0.3) is 0 Å². The molecule has 1 unspecified atom stereocenters. The molecule has 0 radical (unpaired) electrons. The van der Waals surface area contributed by atoms with Crippen molar-refractivity contribution in [1.29, 1.82) is 0 Å². The molecule has 0 spiro atoms. The van der Waals surface area contributed by atoms with Crippen LogP contribution in [-0.4, -0.2) is 6.54 Å². The van der Waals surface area contributed by atoms with Gasteiger partial charge in [-0.05, 0) is 61.6 Å². The SMILES string of the molecule is CCNC(c1ccc(CC)o1)C1CCC(C(C)(C)C)CC1. The third-order valence-corrected chi connectivity index (χ3v) is 5.23. The van der Waals surface area contributed by atoms with Gasteiger partial charge < -0.3 is 9.73 Å². The molecule has 1 atom stereocenters. The summed E-state index contributed by atoms with van der Waals surface area (Å²) in [6.45, 7) is 12.5. The van der Waals surface area contributed by atoms with Crippen molar-refractivity contribution in [1.82, 2.24) is 5.32 Å². The zero-order valence-corrected chi connectivity index (χ0v) is 14.5. The van der Waals surface area contributed by atoms with Gasteiger partial charge in [0.1, 0.15) is 11.5 Å². The van der Waals surface area contributed by atoms with Crippen LogP contribution in [0.2, 0.25) is 0 Å². The first kappa shape index (κ1) is 16.6. The molecule has 1 aliphatic carbocycles. The smallest absolute Gasteiger partial charge is 0.121 e. The summed E-state index contributed by atoms with van der Waals surface area (Å²) >= 11 is 0. The van der Waals surface area contributed by atoms with E-state index < -0.39 is 0 Å². The van der Waals surface area contributed by atoms with Crippen LogP contribution in [0.4, 0.5) is 0 Å². The number of furan rings is 1. The molecule has 120 valence electrons. The fourth-order valence-corrected chi connectivity index (χ4v) is 3.79. The number of hydrogen-bond donors (Lipinski definition) is 1. The Morgan fingerprint density at radius 3 is 2.29 bits per heavy atom. The molecule has 0 bridgehead atoms. The molecule has 2 rings (SSSR count). The Labute approximate surface area is 130 Å². The van der Waals surface area contributed by atoms with E-state index in [0.717, 1.165) is 36.3 Å². The number of rotatable bonds is 5. The average Bonchev–Trinajstić information content (AvgIpc) is 2.92. The molecule has 0 aliphatic heterocycles. The number of nitrogens with one attached hydrogen (secondary N) is 1. The van der Waals surface area contributed by atoms with E-state index >= 15 is 0 Å². The van der Waals surface area contributed by atoms with Gasteiger partial charge in [-0.3, -0.25) is 0 Å². The van der Waals surface area contributed by atoms with Gasteiger partial charge in [-0.15, -0.1) is 0 Å². The molecule has 0 saturated heterocycles. The third kappa shape index (κ3) is 4.12. The standard InChI is InChI=1S/C19H33NO/c1-6-16-12-13-17(21-16)18(20-7-2)14-8-10-15(11-9-14)19(3,4)5/h12-15,18,20H,6-11H2,1-5H3. The maximum Gasteiger partial charge on any atom is 0.121 e. The summed E-state index contributed by atoms with van der Waals surface area (Å²) in [4.78, 5) is 0. The summed E-state index contributed by atoms with van der Waals surface area (Å²) in [5.41, 5.74) is 0.457. The van der Waals surface area contributed by atoms with E-state index in [4.69, 9.17) is 4.42 Å². The van der Waals surface area contributed by atoms with Gasteiger partial charge in [0.2, 0.25) is 0 Å². The molecule has 1 aromatic rings. The summed E-state index contributed by atoms with van der Waals surface area (Å²) in [5.74, 6) is 3.85. The zero-order valence-electron chi connectivity index (χ0n) is 14.5. The second-order valence-corrected chi connectivity index (χ2v) is 7.67. The van der Waals surface area contributed by atoms with Crippen molar-refractivity contribution in [2.75, 3.05) is 6.54 Å². The van der Waals surface area contributed by atoms with E-state index in [2.05, 4.69) is 52.1 Å². The molecule has 0 amide bonds. The minimum absolute atomic E-state index is 0.399. The zero-order chi connectivity index (χ0) is 15.5. The largest absolute Gasteiger partial charge is 0.464 e. The normalized spacial score (nSPS) is 25.0. The van der Waals surface area contributed by atoms with E-state index in [0.29, 0.717) is 11.5 Å². The average molecular weight is 291 g/mol. The van der Waals surface area contributed by atoms with Crippen LogP contribution in [0.15, 0.2) is 16.5 Å². The van der Waals surface area contributed by atoms with Gasteiger partial charge in [0.25, 0.3) is 0 Å². The van der Waals surface area contributed by atoms with Gasteiger partial charge in [-0.2, -0.15) is 0 Å². The highest BCUT2D eigenvalue weighted by Gasteiger charge is 2.34. The van der Waals surface area contributed by atoms with Crippen LogP contribution < -0.4 is 5.32 Å². The molecule has 1 heterocycles. The van der Waals surface area contributed by atoms with Crippen molar-refractivity contribution in [3.05, 3.63) is 23.7 Å². The Morgan fingerprint density at radius 1 is 1.14 bits per heavy atom. The van der Waals surface area contributed by atoms with E-state index in [9.17, 15) is 0 Å². The predicted molar refractivity (Wildman–Crippen MR) is 89.4 cm³/mol. The van der Waals surface area contributed by atoms with Crippen molar-refractivity contribution >= 4 is 0 Å². The molecular weight excluding hydrogens is 258 g/mol.